The summed E-state index contributed by atoms with van der Waals surface area (Å²) in [5, 5.41) is 8.71. The van der Waals surface area contributed by atoms with Gasteiger partial charge in [0.05, 0.1) is 17.2 Å². The van der Waals surface area contributed by atoms with Gasteiger partial charge in [-0.15, -0.1) is 0 Å². The number of esters is 1. The van der Waals surface area contributed by atoms with E-state index in [1.807, 2.05) is 6.07 Å². The molecule has 116 valence electrons. The molecule has 0 saturated carbocycles. The molecule has 0 unspecified atom stereocenters. The second-order valence-corrected chi connectivity index (χ2v) is 6.01. The Balaban J connectivity index is 1.87. The molecule has 2 atom stereocenters. The molecule has 0 bridgehead atoms. The number of ether oxygens (including phenoxy) is 1. The SMILES string of the molecule is C[C@H]1C[C@H](C)CN(C(=O)COC(=O)c2ccc(C#N)cc2)C1. The second-order valence-electron chi connectivity index (χ2n) is 6.01. The van der Waals surface area contributed by atoms with Gasteiger partial charge in [0.25, 0.3) is 5.91 Å². The minimum Gasteiger partial charge on any atom is -0.452 e. The smallest absolute Gasteiger partial charge is 0.338 e. The Morgan fingerprint density at radius 1 is 1.23 bits per heavy atom. The monoisotopic (exact) mass is 300 g/mol. The van der Waals surface area contributed by atoms with Crippen LogP contribution in [0.2, 0.25) is 0 Å². The predicted molar refractivity (Wildman–Crippen MR) is 81.0 cm³/mol. The van der Waals surface area contributed by atoms with Gasteiger partial charge in [-0.05, 0) is 42.5 Å². The molecule has 0 aromatic heterocycles. The van der Waals surface area contributed by atoms with Gasteiger partial charge in [-0.3, -0.25) is 4.79 Å². The third-order valence-electron chi connectivity index (χ3n) is 3.80. The lowest BCUT2D eigenvalue weighted by atomic mass is 9.92. The van der Waals surface area contributed by atoms with Gasteiger partial charge in [0, 0.05) is 13.1 Å². The maximum absolute atomic E-state index is 12.1. The van der Waals surface area contributed by atoms with E-state index in [0.717, 1.165) is 19.5 Å². The van der Waals surface area contributed by atoms with Crippen LogP contribution in [-0.4, -0.2) is 36.5 Å². The zero-order valence-corrected chi connectivity index (χ0v) is 12.9. The van der Waals surface area contributed by atoms with E-state index < -0.39 is 5.97 Å². The molecule has 0 spiro atoms. The molecule has 1 aromatic carbocycles. The fraction of sp³-hybridized carbons (Fsp3) is 0.471. The molecule has 5 heteroatoms. The Morgan fingerprint density at radius 2 is 1.82 bits per heavy atom. The van der Waals surface area contributed by atoms with Gasteiger partial charge >= 0.3 is 5.97 Å². The van der Waals surface area contributed by atoms with Crippen molar-refractivity contribution in [2.75, 3.05) is 19.7 Å². The summed E-state index contributed by atoms with van der Waals surface area (Å²) in [6.07, 6.45) is 1.12. The fourth-order valence-corrected chi connectivity index (χ4v) is 2.85. The van der Waals surface area contributed by atoms with Crippen LogP contribution in [0, 0.1) is 23.2 Å². The van der Waals surface area contributed by atoms with E-state index in [2.05, 4.69) is 13.8 Å². The van der Waals surface area contributed by atoms with E-state index in [4.69, 9.17) is 10.00 Å². The number of likely N-dealkylation sites (tertiary alicyclic amines) is 1. The average Bonchev–Trinajstić information content (AvgIpc) is 2.51. The van der Waals surface area contributed by atoms with Crippen LogP contribution in [-0.2, 0) is 9.53 Å². The van der Waals surface area contributed by atoms with Crippen molar-refractivity contribution in [2.45, 2.75) is 20.3 Å². The lowest BCUT2D eigenvalue weighted by molar-refractivity contribution is -0.137. The molecule has 0 N–H and O–H groups in total. The topological polar surface area (TPSA) is 70.4 Å². The molecule has 1 aliphatic heterocycles. The van der Waals surface area contributed by atoms with E-state index in [9.17, 15) is 9.59 Å². The number of hydrogen-bond acceptors (Lipinski definition) is 4. The van der Waals surface area contributed by atoms with Crippen LogP contribution in [0.25, 0.3) is 0 Å². The Labute approximate surface area is 130 Å². The van der Waals surface area contributed by atoms with Gasteiger partial charge in [-0.25, -0.2) is 4.79 Å². The number of nitriles is 1. The van der Waals surface area contributed by atoms with Crippen molar-refractivity contribution in [1.29, 1.82) is 5.26 Å². The van der Waals surface area contributed by atoms with Crippen molar-refractivity contribution in [2.24, 2.45) is 11.8 Å². The van der Waals surface area contributed by atoms with Crippen molar-refractivity contribution in [3.63, 3.8) is 0 Å². The first-order valence-corrected chi connectivity index (χ1v) is 7.44. The molecule has 1 saturated heterocycles. The van der Waals surface area contributed by atoms with Crippen LogP contribution in [0.15, 0.2) is 24.3 Å². The minimum absolute atomic E-state index is 0.152. The van der Waals surface area contributed by atoms with Crippen LogP contribution >= 0.6 is 0 Å². The van der Waals surface area contributed by atoms with Crippen molar-refractivity contribution in [1.82, 2.24) is 4.90 Å². The number of benzene rings is 1. The number of carbonyl (C=O) groups excluding carboxylic acids is 2. The van der Waals surface area contributed by atoms with Crippen LogP contribution in [0.1, 0.15) is 36.2 Å². The molecule has 1 aromatic rings. The molecule has 1 amide bonds. The molecule has 0 aliphatic carbocycles. The van der Waals surface area contributed by atoms with E-state index in [-0.39, 0.29) is 12.5 Å². The van der Waals surface area contributed by atoms with E-state index in [0.29, 0.717) is 23.0 Å². The summed E-state index contributed by atoms with van der Waals surface area (Å²) >= 11 is 0. The van der Waals surface area contributed by atoms with Gasteiger partial charge in [0.1, 0.15) is 0 Å². The summed E-state index contributed by atoms with van der Waals surface area (Å²) in [4.78, 5) is 25.8. The first-order valence-electron chi connectivity index (χ1n) is 7.44. The molecule has 22 heavy (non-hydrogen) atoms. The highest BCUT2D eigenvalue weighted by Crippen LogP contribution is 2.20. The lowest BCUT2D eigenvalue weighted by Crippen LogP contribution is -2.44. The average molecular weight is 300 g/mol. The van der Waals surface area contributed by atoms with Gasteiger partial charge in [-0.2, -0.15) is 5.26 Å². The van der Waals surface area contributed by atoms with Crippen LogP contribution in [0.5, 0.6) is 0 Å². The summed E-state index contributed by atoms with van der Waals surface area (Å²) in [6, 6.07) is 8.13. The van der Waals surface area contributed by atoms with Gasteiger partial charge in [0.15, 0.2) is 6.61 Å². The quantitative estimate of drug-likeness (QED) is 0.803. The fourth-order valence-electron chi connectivity index (χ4n) is 2.85. The van der Waals surface area contributed by atoms with E-state index in [1.54, 1.807) is 17.0 Å². The summed E-state index contributed by atoms with van der Waals surface area (Å²) in [5.41, 5.74) is 0.816. The number of piperidine rings is 1. The Hall–Kier alpha value is -2.35. The lowest BCUT2D eigenvalue weighted by Gasteiger charge is -2.34. The number of amides is 1. The summed E-state index contributed by atoms with van der Waals surface area (Å²) in [7, 11) is 0. The van der Waals surface area contributed by atoms with Crippen molar-refractivity contribution in [3.05, 3.63) is 35.4 Å². The number of nitrogens with zero attached hydrogens (tertiary/aromatic N) is 2. The number of carbonyl (C=O) groups is 2. The molecular weight excluding hydrogens is 280 g/mol. The summed E-state index contributed by atoms with van der Waals surface area (Å²) < 4.78 is 5.07. The Kier molecular flexibility index (Phi) is 5.16. The van der Waals surface area contributed by atoms with Gasteiger partial charge in [-0.1, -0.05) is 13.8 Å². The molecule has 1 heterocycles. The zero-order chi connectivity index (χ0) is 16.1. The molecule has 1 aliphatic rings. The Bertz CT molecular complexity index is 579. The van der Waals surface area contributed by atoms with Crippen LogP contribution in [0.4, 0.5) is 0 Å². The van der Waals surface area contributed by atoms with Crippen LogP contribution < -0.4 is 0 Å². The summed E-state index contributed by atoms with van der Waals surface area (Å²) in [6.45, 7) is 5.45. The standard InChI is InChI=1S/C17H20N2O3/c1-12-7-13(2)10-19(9-12)16(20)11-22-17(21)15-5-3-14(8-18)4-6-15/h3-6,12-13H,7,9-11H2,1-2H3/t12-,13-/m0/s1. The molecule has 1 fully saturated rings. The number of rotatable bonds is 3. The zero-order valence-electron chi connectivity index (χ0n) is 12.9. The highest BCUT2D eigenvalue weighted by Gasteiger charge is 2.26. The maximum Gasteiger partial charge on any atom is 0.338 e. The third-order valence-corrected chi connectivity index (χ3v) is 3.80. The largest absolute Gasteiger partial charge is 0.452 e. The highest BCUT2D eigenvalue weighted by atomic mass is 16.5. The van der Waals surface area contributed by atoms with Crippen molar-refractivity contribution < 1.29 is 14.3 Å². The van der Waals surface area contributed by atoms with Crippen LogP contribution in [0.3, 0.4) is 0 Å². The normalized spacial score (nSPS) is 21.0. The predicted octanol–water partition coefficient (Wildman–Crippen LogP) is 2.22. The van der Waals surface area contributed by atoms with E-state index in [1.165, 1.54) is 12.1 Å². The first kappa shape index (κ1) is 16.0. The van der Waals surface area contributed by atoms with Gasteiger partial charge in [0.2, 0.25) is 0 Å². The van der Waals surface area contributed by atoms with Crippen molar-refractivity contribution in [3.8, 4) is 6.07 Å². The second kappa shape index (κ2) is 7.08. The third kappa shape index (κ3) is 4.08. The maximum atomic E-state index is 12.1. The number of hydrogen-bond donors (Lipinski definition) is 0. The molecule has 2 rings (SSSR count). The highest BCUT2D eigenvalue weighted by molar-refractivity contribution is 5.91. The molecular formula is C17H20N2O3. The molecule has 0 radical (unpaired) electrons. The molecule has 5 nitrogen and oxygen atoms in total. The Morgan fingerprint density at radius 3 is 2.36 bits per heavy atom. The van der Waals surface area contributed by atoms with Gasteiger partial charge < -0.3 is 9.64 Å². The summed E-state index contributed by atoms with van der Waals surface area (Å²) in [5.74, 6) is 0.250. The minimum atomic E-state index is -0.545. The first-order chi connectivity index (χ1) is 10.5. The van der Waals surface area contributed by atoms with E-state index >= 15 is 0 Å². The van der Waals surface area contributed by atoms with Crippen molar-refractivity contribution >= 4 is 11.9 Å².